The van der Waals surface area contributed by atoms with E-state index in [-0.39, 0.29) is 42.9 Å². The van der Waals surface area contributed by atoms with E-state index in [1.165, 1.54) is 0 Å². The topological polar surface area (TPSA) is 76.6 Å². The largest absolute Gasteiger partial charge is 2.00 e. The number of aromatic nitrogens is 2. The summed E-state index contributed by atoms with van der Waals surface area (Å²) in [6, 6.07) is 6.61. The van der Waals surface area contributed by atoms with Crippen molar-refractivity contribution in [1.82, 2.24) is 19.8 Å². The van der Waals surface area contributed by atoms with Gasteiger partial charge in [-0.15, -0.1) is 13.0 Å². The monoisotopic (exact) mass is 787 g/mol. The average Bonchev–Trinajstić information content (AvgIpc) is 2.92. The molecule has 8 nitrogen and oxygen atoms in total. The third-order valence-corrected chi connectivity index (χ3v) is 6.64. The van der Waals surface area contributed by atoms with Gasteiger partial charge in [0.1, 0.15) is 11.4 Å². The van der Waals surface area contributed by atoms with Crippen LogP contribution in [0.15, 0.2) is 24.4 Å². The third-order valence-electron chi connectivity index (χ3n) is 6.64. The second kappa shape index (κ2) is 17.8. The maximum atomic E-state index is 13.5. The molecule has 2 heterocycles. The van der Waals surface area contributed by atoms with Crippen molar-refractivity contribution in [3.63, 3.8) is 0 Å². The summed E-state index contributed by atoms with van der Waals surface area (Å²) >= 11 is 0. The van der Waals surface area contributed by atoms with E-state index < -0.39 is 11.7 Å². The first-order valence-corrected chi connectivity index (χ1v) is 13.3. The van der Waals surface area contributed by atoms with E-state index in [4.69, 9.17) is 4.79 Å². The summed E-state index contributed by atoms with van der Waals surface area (Å²) in [7, 11) is 4.06. The van der Waals surface area contributed by atoms with Crippen molar-refractivity contribution >= 4 is 29.4 Å². The van der Waals surface area contributed by atoms with Crippen molar-refractivity contribution in [2.75, 3.05) is 68.9 Å². The summed E-state index contributed by atoms with van der Waals surface area (Å²) in [5.41, 5.74) is 2.13. The SMILES string of the molecule is [CH2-]CC=O.[CH2-]CN(C)CCCNc1nc(Nc2ccc(N3CCN(C)[C@H](C)C3)cc2CC)ncc1C(F)(F)F.[U+2]. The molecule has 0 radical (unpaired) electrons. The minimum absolute atomic E-state index is 0. The van der Waals surface area contributed by atoms with E-state index in [0.717, 1.165) is 62.0 Å². The number of aldehydes is 1. The predicted molar refractivity (Wildman–Crippen MR) is 152 cm³/mol. The van der Waals surface area contributed by atoms with Crippen LogP contribution in [-0.4, -0.2) is 85.5 Å². The molecule has 1 aliphatic rings. The molecule has 0 unspecified atom stereocenters. The fourth-order valence-corrected chi connectivity index (χ4v) is 4.05. The summed E-state index contributed by atoms with van der Waals surface area (Å²) in [5.74, 6) is -0.0839. The molecule has 3 rings (SSSR count). The van der Waals surface area contributed by atoms with E-state index in [0.29, 0.717) is 32.0 Å². The van der Waals surface area contributed by atoms with Crippen LogP contribution in [0.4, 0.5) is 36.3 Å². The van der Waals surface area contributed by atoms with Gasteiger partial charge in [-0.2, -0.15) is 18.2 Å². The second-order valence-electron chi connectivity index (χ2n) is 9.59. The summed E-state index contributed by atoms with van der Waals surface area (Å²) in [5, 5.41) is 5.98. The molecular weight excluding hydrogens is 745 g/mol. The van der Waals surface area contributed by atoms with E-state index in [1.54, 1.807) is 0 Å². The molecule has 0 amide bonds. The van der Waals surface area contributed by atoms with Crippen LogP contribution in [0.25, 0.3) is 0 Å². The number of hydrogen-bond acceptors (Lipinski definition) is 8. The minimum Gasteiger partial charge on any atom is -0.369 e. The van der Waals surface area contributed by atoms with Crippen LogP contribution in [0, 0.1) is 45.0 Å². The number of rotatable bonds is 11. The molecule has 0 bridgehead atoms. The Morgan fingerprint density at radius 3 is 2.52 bits per heavy atom. The maximum absolute atomic E-state index is 13.5. The fourth-order valence-electron chi connectivity index (χ4n) is 4.05. The molecule has 1 atom stereocenters. The maximum Gasteiger partial charge on any atom is 2.00 e. The molecule has 12 heteroatoms. The molecule has 220 valence electrons. The third kappa shape index (κ3) is 11.2. The van der Waals surface area contributed by atoms with Crippen LogP contribution in [0.1, 0.15) is 37.8 Å². The second-order valence-corrected chi connectivity index (χ2v) is 9.59. The van der Waals surface area contributed by atoms with Gasteiger partial charge in [0.25, 0.3) is 0 Å². The Bertz CT molecular complexity index is 1040. The van der Waals surface area contributed by atoms with Crippen molar-refractivity contribution < 1.29 is 49.1 Å². The van der Waals surface area contributed by atoms with Gasteiger partial charge in [0.05, 0.1) is 6.29 Å². The van der Waals surface area contributed by atoms with Gasteiger partial charge in [-0.3, -0.25) is 0 Å². The van der Waals surface area contributed by atoms with Crippen molar-refractivity contribution in [3.8, 4) is 0 Å². The van der Waals surface area contributed by atoms with Gasteiger partial charge in [0.15, 0.2) is 0 Å². The van der Waals surface area contributed by atoms with Crippen molar-refractivity contribution in [3.05, 3.63) is 49.4 Å². The number of carbonyl (C=O) groups excluding carboxylic acids is 1. The molecule has 40 heavy (non-hydrogen) atoms. The van der Waals surface area contributed by atoms with Gasteiger partial charge in [-0.25, -0.2) is 4.98 Å². The molecule has 2 N–H and O–H groups in total. The summed E-state index contributed by atoms with van der Waals surface area (Å²) in [6.07, 6.45) is -1.11. The number of alkyl halides is 3. The molecule has 0 saturated carbocycles. The van der Waals surface area contributed by atoms with Crippen LogP contribution >= 0.6 is 0 Å². The molecule has 1 saturated heterocycles. The number of anilines is 4. The van der Waals surface area contributed by atoms with Gasteiger partial charge in [-0.05, 0) is 64.2 Å². The molecular formula is C28H42F3N7OU. The number of piperazine rings is 1. The standard InChI is InChI=1S/C25H37F3N7.C3H5O.U/c1-6-19-15-20(35-14-13-34(5)18(3)17-35)9-10-22(19)31-24-30-16-21(25(26,27)28)23(32-24)29-11-8-12-33(4)7-2;1-2-3-4;/h9-10,15-16,18H,2,6-8,11-14,17H2,1,3-5H3,(H2,29,30,31,32);3H,1-2H2;/q2*-1;+2/t18-;;/m1../s1. The summed E-state index contributed by atoms with van der Waals surface area (Å²) < 4.78 is 40.6. The van der Waals surface area contributed by atoms with Crippen LogP contribution in [0.5, 0.6) is 0 Å². The Morgan fingerprint density at radius 1 is 1.25 bits per heavy atom. The number of benzene rings is 1. The quantitative estimate of drug-likeness (QED) is 0.189. The first-order chi connectivity index (χ1) is 18.5. The van der Waals surface area contributed by atoms with Crippen molar-refractivity contribution in [1.29, 1.82) is 0 Å². The summed E-state index contributed by atoms with van der Waals surface area (Å²) in [4.78, 5) is 24.0. The van der Waals surface area contributed by atoms with E-state index in [2.05, 4.69) is 71.2 Å². The molecule has 1 fully saturated rings. The minimum atomic E-state index is -4.54. The van der Waals surface area contributed by atoms with Gasteiger partial charge in [0.2, 0.25) is 5.95 Å². The predicted octanol–water partition coefficient (Wildman–Crippen LogP) is 4.92. The first-order valence-electron chi connectivity index (χ1n) is 13.3. The number of carbonyl (C=O) groups is 1. The molecule has 0 aliphatic carbocycles. The molecule has 1 aromatic heterocycles. The average molecular weight is 788 g/mol. The Balaban J connectivity index is 0.00000150. The normalized spacial score (nSPS) is 15.7. The fraction of sp³-hybridized carbons (Fsp3) is 0.536. The van der Waals surface area contributed by atoms with E-state index in [9.17, 15) is 13.2 Å². The smallest absolute Gasteiger partial charge is 0.369 e. The first kappa shape index (κ1) is 36.2. The molecule has 2 aromatic rings. The van der Waals surface area contributed by atoms with Crippen LogP contribution < -0.4 is 15.5 Å². The Kier molecular flexibility index (Phi) is 16.1. The van der Waals surface area contributed by atoms with Crippen molar-refractivity contribution in [2.45, 2.75) is 45.3 Å². The zero-order chi connectivity index (χ0) is 29.0. The number of nitrogens with zero attached hydrogens (tertiary/aromatic N) is 5. The Labute approximate surface area is 260 Å². The zero-order valence-electron chi connectivity index (χ0n) is 24.0. The van der Waals surface area contributed by atoms with E-state index >= 15 is 0 Å². The molecule has 1 aromatic carbocycles. The number of hydrogen-bond donors (Lipinski definition) is 2. The number of aryl methyl sites for hydroxylation is 1. The van der Waals surface area contributed by atoms with Crippen molar-refractivity contribution in [2.24, 2.45) is 0 Å². The molecule has 1 aliphatic heterocycles. The van der Waals surface area contributed by atoms with Gasteiger partial charge in [0, 0.05) is 49.8 Å². The van der Waals surface area contributed by atoms with E-state index in [1.807, 2.05) is 24.1 Å². The van der Waals surface area contributed by atoms with Crippen LogP contribution in [-0.2, 0) is 17.4 Å². The number of likely N-dealkylation sites (N-methyl/N-ethyl adjacent to an activating group) is 1. The van der Waals surface area contributed by atoms with Crippen LogP contribution in [0.3, 0.4) is 0 Å². The van der Waals surface area contributed by atoms with Gasteiger partial charge in [-0.1, -0.05) is 6.92 Å². The number of halogens is 3. The Hall–Kier alpha value is -1.87. The number of nitrogens with one attached hydrogen (secondary N) is 2. The summed E-state index contributed by atoms with van der Waals surface area (Å²) in [6.45, 7) is 16.0. The van der Waals surface area contributed by atoms with Gasteiger partial charge >= 0.3 is 37.3 Å². The Morgan fingerprint density at radius 2 is 1.95 bits per heavy atom. The zero-order valence-corrected chi connectivity index (χ0v) is 28.2. The molecule has 0 spiro atoms. The van der Waals surface area contributed by atoms with Gasteiger partial charge < -0.3 is 44.0 Å². The van der Waals surface area contributed by atoms with Crippen LogP contribution in [0.2, 0.25) is 0 Å².